The van der Waals surface area contributed by atoms with Gasteiger partial charge in [0.05, 0.1) is 0 Å². The van der Waals surface area contributed by atoms with E-state index in [2.05, 4.69) is 5.32 Å². The molecule has 19 heavy (non-hydrogen) atoms. The zero-order chi connectivity index (χ0) is 13.7. The lowest BCUT2D eigenvalue weighted by atomic mass is 10.1. The average molecular weight is 261 g/mol. The fraction of sp³-hybridized carbons (Fsp3) is 0.200. The summed E-state index contributed by atoms with van der Waals surface area (Å²) in [6.45, 7) is 1.24. The third-order valence-corrected chi connectivity index (χ3v) is 2.80. The molecule has 2 aromatic carbocycles. The van der Waals surface area contributed by atoms with E-state index in [1.165, 1.54) is 12.1 Å². The Balaban J connectivity index is 1.79. The first-order valence-electron chi connectivity index (χ1n) is 6.10. The van der Waals surface area contributed by atoms with Gasteiger partial charge in [-0.15, -0.1) is 0 Å². The summed E-state index contributed by atoms with van der Waals surface area (Å²) in [5, 5.41) is 21.6. The van der Waals surface area contributed by atoms with Crippen LogP contribution in [0.3, 0.4) is 0 Å². The van der Waals surface area contributed by atoms with E-state index in [4.69, 9.17) is 5.11 Å². The second kappa shape index (κ2) is 6.20. The maximum absolute atomic E-state index is 13.0. The molecule has 0 heterocycles. The molecule has 2 aromatic rings. The summed E-state index contributed by atoms with van der Waals surface area (Å²) in [6.07, 6.45) is 0.821. The predicted octanol–water partition coefficient (Wildman–Crippen LogP) is 2.57. The Bertz CT molecular complexity index is 520. The summed E-state index contributed by atoms with van der Waals surface area (Å²) in [5.74, 6) is -0.238. The quantitative estimate of drug-likeness (QED) is 0.725. The van der Waals surface area contributed by atoms with E-state index in [0.29, 0.717) is 12.1 Å². The first kappa shape index (κ1) is 13.4. The van der Waals surface area contributed by atoms with E-state index in [-0.39, 0.29) is 11.5 Å². The van der Waals surface area contributed by atoms with Crippen LogP contribution in [-0.4, -0.2) is 16.8 Å². The Hall–Kier alpha value is -2.07. The molecule has 3 nitrogen and oxygen atoms in total. The van der Waals surface area contributed by atoms with Gasteiger partial charge in [-0.2, -0.15) is 0 Å². The van der Waals surface area contributed by atoms with E-state index in [9.17, 15) is 9.50 Å². The van der Waals surface area contributed by atoms with Crippen molar-refractivity contribution in [3.05, 3.63) is 59.4 Å². The van der Waals surface area contributed by atoms with Crippen LogP contribution in [0.4, 0.5) is 4.39 Å². The fourth-order valence-corrected chi connectivity index (χ4v) is 1.86. The molecule has 0 saturated carbocycles. The van der Waals surface area contributed by atoms with Gasteiger partial charge in [-0.1, -0.05) is 12.1 Å². The fourth-order valence-electron chi connectivity index (χ4n) is 1.86. The Morgan fingerprint density at radius 2 is 1.63 bits per heavy atom. The first-order chi connectivity index (χ1) is 9.13. The van der Waals surface area contributed by atoms with E-state index in [1.807, 2.05) is 12.1 Å². The summed E-state index contributed by atoms with van der Waals surface area (Å²) in [5.41, 5.74) is 1.83. The maximum atomic E-state index is 13.0. The van der Waals surface area contributed by atoms with Gasteiger partial charge < -0.3 is 15.5 Å². The molecular formula is C15H16FNO2. The molecule has 0 aliphatic rings. The van der Waals surface area contributed by atoms with E-state index >= 15 is 0 Å². The number of halogens is 1. The first-order valence-corrected chi connectivity index (χ1v) is 6.10. The molecule has 4 heteroatoms. The molecule has 2 rings (SSSR count). The zero-order valence-corrected chi connectivity index (χ0v) is 10.4. The lowest BCUT2D eigenvalue weighted by Crippen LogP contribution is -2.16. The lowest BCUT2D eigenvalue weighted by molar-refractivity contribution is 0.467. The van der Waals surface area contributed by atoms with Crippen molar-refractivity contribution in [1.82, 2.24) is 5.32 Å². The third-order valence-electron chi connectivity index (χ3n) is 2.80. The van der Waals surface area contributed by atoms with Crippen LogP contribution in [0.1, 0.15) is 11.1 Å². The summed E-state index contributed by atoms with van der Waals surface area (Å²) >= 11 is 0. The van der Waals surface area contributed by atoms with E-state index in [1.54, 1.807) is 12.1 Å². The minimum Gasteiger partial charge on any atom is -0.508 e. The molecule has 0 bridgehead atoms. The maximum Gasteiger partial charge on any atom is 0.127 e. The van der Waals surface area contributed by atoms with Crippen LogP contribution in [-0.2, 0) is 13.0 Å². The number of rotatable bonds is 5. The molecule has 0 aliphatic carbocycles. The number of phenolic OH excluding ortho intramolecular Hbond substituents is 2. The highest BCUT2D eigenvalue weighted by atomic mass is 19.1. The Morgan fingerprint density at radius 1 is 0.895 bits per heavy atom. The molecule has 0 aliphatic heterocycles. The van der Waals surface area contributed by atoms with Gasteiger partial charge in [-0.05, 0) is 48.4 Å². The number of hydrogen-bond donors (Lipinski definition) is 3. The van der Waals surface area contributed by atoms with Crippen molar-refractivity contribution in [2.45, 2.75) is 13.0 Å². The average Bonchev–Trinajstić information content (AvgIpc) is 2.36. The lowest BCUT2D eigenvalue weighted by Gasteiger charge is -2.06. The van der Waals surface area contributed by atoms with Crippen molar-refractivity contribution in [2.24, 2.45) is 0 Å². The minimum atomic E-state index is -0.435. The van der Waals surface area contributed by atoms with Gasteiger partial charge in [-0.3, -0.25) is 0 Å². The molecule has 3 N–H and O–H groups in total. The highest BCUT2D eigenvalue weighted by Crippen LogP contribution is 2.14. The summed E-state index contributed by atoms with van der Waals surface area (Å²) in [7, 11) is 0. The highest BCUT2D eigenvalue weighted by Gasteiger charge is 2.00. The molecule has 0 amide bonds. The van der Waals surface area contributed by atoms with Crippen molar-refractivity contribution in [3.8, 4) is 11.5 Å². The number of hydrogen-bond acceptors (Lipinski definition) is 3. The SMILES string of the molecule is Oc1ccc(CCNCc2cc(O)cc(F)c2)cc1. The number of aromatic hydroxyl groups is 2. The molecule has 0 atom stereocenters. The van der Waals surface area contributed by atoms with Gasteiger partial charge >= 0.3 is 0 Å². The van der Waals surface area contributed by atoms with Crippen LogP contribution < -0.4 is 5.32 Å². The van der Waals surface area contributed by atoms with Crippen LogP contribution in [0.25, 0.3) is 0 Å². The van der Waals surface area contributed by atoms with Crippen LogP contribution >= 0.6 is 0 Å². The molecule has 0 fully saturated rings. The number of phenols is 2. The summed E-state index contributed by atoms with van der Waals surface area (Å²) in [4.78, 5) is 0. The number of nitrogens with one attached hydrogen (secondary N) is 1. The van der Waals surface area contributed by atoms with Crippen LogP contribution in [0.5, 0.6) is 11.5 Å². The van der Waals surface area contributed by atoms with Crippen LogP contribution in [0.2, 0.25) is 0 Å². The molecule has 0 spiro atoms. The molecule has 0 saturated heterocycles. The molecule has 100 valence electrons. The Kier molecular flexibility index (Phi) is 4.36. The topological polar surface area (TPSA) is 52.5 Å². The van der Waals surface area contributed by atoms with Gasteiger partial charge in [0.1, 0.15) is 17.3 Å². The third kappa shape index (κ3) is 4.26. The van der Waals surface area contributed by atoms with Crippen molar-refractivity contribution < 1.29 is 14.6 Å². The molecule has 0 radical (unpaired) electrons. The normalized spacial score (nSPS) is 10.6. The second-order valence-corrected chi connectivity index (χ2v) is 4.41. The Morgan fingerprint density at radius 3 is 2.32 bits per heavy atom. The minimum absolute atomic E-state index is 0.0599. The van der Waals surface area contributed by atoms with Crippen molar-refractivity contribution >= 4 is 0 Å². The number of benzene rings is 2. The standard InChI is InChI=1S/C15H16FNO2/c16-13-7-12(8-15(19)9-13)10-17-6-5-11-1-3-14(18)4-2-11/h1-4,7-9,17-19H,5-6,10H2. The highest BCUT2D eigenvalue weighted by molar-refractivity contribution is 5.28. The van der Waals surface area contributed by atoms with E-state index in [0.717, 1.165) is 24.6 Å². The predicted molar refractivity (Wildman–Crippen MR) is 71.6 cm³/mol. The zero-order valence-electron chi connectivity index (χ0n) is 10.4. The van der Waals surface area contributed by atoms with Gasteiger partial charge in [0.25, 0.3) is 0 Å². The van der Waals surface area contributed by atoms with Crippen molar-refractivity contribution in [2.75, 3.05) is 6.54 Å². The smallest absolute Gasteiger partial charge is 0.127 e. The van der Waals surface area contributed by atoms with Gasteiger partial charge in [0, 0.05) is 12.6 Å². The van der Waals surface area contributed by atoms with Gasteiger partial charge in [0.2, 0.25) is 0 Å². The Labute approximate surface area is 111 Å². The van der Waals surface area contributed by atoms with Gasteiger partial charge in [-0.25, -0.2) is 4.39 Å². The van der Waals surface area contributed by atoms with Crippen molar-refractivity contribution in [3.63, 3.8) is 0 Å². The monoisotopic (exact) mass is 261 g/mol. The second-order valence-electron chi connectivity index (χ2n) is 4.41. The van der Waals surface area contributed by atoms with Crippen LogP contribution in [0.15, 0.2) is 42.5 Å². The van der Waals surface area contributed by atoms with E-state index < -0.39 is 5.82 Å². The molecular weight excluding hydrogens is 245 g/mol. The summed E-state index contributed by atoms with van der Waals surface area (Å²) < 4.78 is 13.0. The molecule has 0 unspecified atom stereocenters. The largest absolute Gasteiger partial charge is 0.508 e. The molecule has 0 aromatic heterocycles. The van der Waals surface area contributed by atoms with Gasteiger partial charge in [0.15, 0.2) is 0 Å². The van der Waals surface area contributed by atoms with Crippen molar-refractivity contribution in [1.29, 1.82) is 0 Å². The van der Waals surface area contributed by atoms with Crippen LogP contribution in [0, 0.1) is 5.82 Å². The summed E-state index contributed by atoms with van der Waals surface area (Å²) in [6, 6.07) is 11.1.